The molecule has 2 aromatic carbocycles. The van der Waals surface area contributed by atoms with E-state index in [1.807, 2.05) is 0 Å². The van der Waals surface area contributed by atoms with Gasteiger partial charge in [0.05, 0.1) is 15.6 Å². The van der Waals surface area contributed by atoms with Crippen LogP contribution in [0.3, 0.4) is 0 Å². The SMILES string of the molecule is O=C(NCC1CCN(c2ccc(F)cc2)C1)c1cc(S(=O)(=O)NC2CC2)c(Cl)cc1Cl. The Kier molecular flexibility index (Phi) is 6.44. The maximum Gasteiger partial charge on any atom is 0.252 e. The van der Waals surface area contributed by atoms with Gasteiger partial charge in [0.15, 0.2) is 0 Å². The molecule has 2 aliphatic rings. The zero-order chi connectivity index (χ0) is 22.2. The van der Waals surface area contributed by atoms with Crippen LogP contribution in [-0.2, 0) is 10.0 Å². The van der Waals surface area contributed by atoms with Crippen LogP contribution in [0.25, 0.3) is 0 Å². The van der Waals surface area contributed by atoms with Gasteiger partial charge in [0, 0.05) is 31.4 Å². The maximum atomic E-state index is 13.1. The predicted octanol–water partition coefficient (Wildman–Crippen LogP) is 3.83. The van der Waals surface area contributed by atoms with E-state index in [0.29, 0.717) is 6.54 Å². The largest absolute Gasteiger partial charge is 0.371 e. The van der Waals surface area contributed by atoms with Crippen LogP contribution in [0.4, 0.5) is 10.1 Å². The third kappa shape index (κ3) is 5.31. The molecular formula is C21H22Cl2FN3O3S. The van der Waals surface area contributed by atoms with Crippen molar-refractivity contribution in [1.29, 1.82) is 0 Å². The molecule has 1 aliphatic carbocycles. The molecule has 1 saturated heterocycles. The number of nitrogens with zero attached hydrogens (tertiary/aromatic N) is 1. The van der Waals surface area contributed by atoms with Gasteiger partial charge < -0.3 is 10.2 Å². The standard InChI is InChI=1S/C21H22Cl2FN3O3S/c22-18-10-19(23)20(31(29,30)26-15-3-4-15)9-17(18)21(28)25-11-13-7-8-27(12-13)16-5-1-14(24)2-6-16/h1-2,5-6,9-10,13,15,26H,3-4,7-8,11-12H2,(H,25,28). The van der Waals surface area contributed by atoms with Crippen molar-refractivity contribution in [1.82, 2.24) is 10.0 Å². The topological polar surface area (TPSA) is 78.5 Å². The molecule has 1 amide bonds. The first-order valence-corrected chi connectivity index (χ1v) is 12.3. The second-order valence-electron chi connectivity index (χ2n) is 7.95. The van der Waals surface area contributed by atoms with E-state index in [4.69, 9.17) is 23.2 Å². The molecule has 0 radical (unpaired) electrons. The maximum absolute atomic E-state index is 13.1. The van der Waals surface area contributed by atoms with Gasteiger partial charge in [-0.15, -0.1) is 0 Å². The van der Waals surface area contributed by atoms with E-state index in [1.165, 1.54) is 24.3 Å². The molecule has 0 spiro atoms. The Labute approximate surface area is 190 Å². The molecule has 0 bridgehead atoms. The highest BCUT2D eigenvalue weighted by Gasteiger charge is 2.30. The van der Waals surface area contributed by atoms with Crippen LogP contribution < -0.4 is 14.9 Å². The lowest BCUT2D eigenvalue weighted by Gasteiger charge is -2.19. The Morgan fingerprint density at radius 3 is 2.48 bits per heavy atom. The number of carbonyl (C=O) groups is 1. The summed E-state index contributed by atoms with van der Waals surface area (Å²) in [7, 11) is -3.83. The molecule has 1 unspecified atom stereocenters. The van der Waals surface area contributed by atoms with Crippen LogP contribution in [0.15, 0.2) is 41.3 Å². The van der Waals surface area contributed by atoms with Crippen LogP contribution in [-0.4, -0.2) is 40.0 Å². The van der Waals surface area contributed by atoms with Gasteiger partial charge in [-0.1, -0.05) is 23.2 Å². The van der Waals surface area contributed by atoms with Gasteiger partial charge in [0.1, 0.15) is 10.7 Å². The van der Waals surface area contributed by atoms with E-state index in [2.05, 4.69) is 14.9 Å². The number of nitrogens with one attached hydrogen (secondary N) is 2. The number of sulfonamides is 1. The van der Waals surface area contributed by atoms with Gasteiger partial charge in [-0.05, 0) is 61.6 Å². The molecular weight excluding hydrogens is 464 g/mol. The molecule has 1 heterocycles. The summed E-state index contributed by atoms with van der Waals surface area (Å²) in [6.45, 7) is 1.95. The number of carbonyl (C=O) groups excluding carboxylic acids is 1. The van der Waals surface area contributed by atoms with Crippen molar-refractivity contribution in [3.8, 4) is 0 Å². The minimum absolute atomic E-state index is 0.0274. The van der Waals surface area contributed by atoms with E-state index in [0.717, 1.165) is 38.0 Å². The van der Waals surface area contributed by atoms with Crippen molar-refractivity contribution in [2.45, 2.75) is 30.2 Å². The van der Waals surface area contributed by atoms with E-state index < -0.39 is 15.9 Å². The van der Waals surface area contributed by atoms with Gasteiger partial charge in [-0.25, -0.2) is 17.5 Å². The third-order valence-electron chi connectivity index (χ3n) is 5.48. The molecule has 166 valence electrons. The van der Waals surface area contributed by atoms with Crippen molar-refractivity contribution >= 4 is 44.8 Å². The molecule has 2 fully saturated rings. The molecule has 10 heteroatoms. The Morgan fingerprint density at radius 1 is 1.10 bits per heavy atom. The molecule has 31 heavy (non-hydrogen) atoms. The molecule has 0 aromatic heterocycles. The summed E-state index contributed by atoms with van der Waals surface area (Å²) in [5.74, 6) is -0.523. The number of halogens is 3. The molecule has 6 nitrogen and oxygen atoms in total. The van der Waals surface area contributed by atoms with Gasteiger partial charge in [-0.3, -0.25) is 4.79 Å². The van der Waals surface area contributed by atoms with Crippen molar-refractivity contribution in [3.05, 3.63) is 57.8 Å². The van der Waals surface area contributed by atoms with Gasteiger partial charge >= 0.3 is 0 Å². The minimum Gasteiger partial charge on any atom is -0.371 e. The summed E-state index contributed by atoms with van der Waals surface area (Å²) in [6, 6.07) is 8.76. The highest BCUT2D eigenvalue weighted by atomic mass is 35.5. The van der Waals surface area contributed by atoms with Crippen LogP contribution in [0.2, 0.25) is 10.0 Å². The second kappa shape index (κ2) is 8.94. The summed E-state index contributed by atoms with van der Waals surface area (Å²) in [4.78, 5) is 14.7. The average molecular weight is 486 g/mol. The summed E-state index contributed by atoms with van der Waals surface area (Å²) < 4.78 is 40.8. The molecule has 1 aliphatic heterocycles. The first-order valence-electron chi connectivity index (χ1n) is 10.0. The van der Waals surface area contributed by atoms with Gasteiger partial charge in [-0.2, -0.15) is 0 Å². The number of anilines is 1. The fourth-order valence-corrected chi connectivity index (χ4v) is 5.77. The van der Waals surface area contributed by atoms with Crippen LogP contribution in [0.5, 0.6) is 0 Å². The Balaban J connectivity index is 1.40. The fraction of sp³-hybridized carbons (Fsp3) is 0.381. The lowest BCUT2D eigenvalue weighted by atomic mass is 10.1. The molecule has 1 saturated carbocycles. The van der Waals surface area contributed by atoms with Crippen molar-refractivity contribution < 1.29 is 17.6 Å². The third-order valence-corrected chi connectivity index (χ3v) is 7.78. The number of amides is 1. The second-order valence-corrected chi connectivity index (χ2v) is 10.4. The number of rotatable bonds is 7. The Morgan fingerprint density at radius 2 is 1.81 bits per heavy atom. The van der Waals surface area contributed by atoms with Crippen LogP contribution in [0.1, 0.15) is 29.6 Å². The highest BCUT2D eigenvalue weighted by molar-refractivity contribution is 7.89. The normalized spacial score (nSPS) is 18.9. The predicted molar refractivity (Wildman–Crippen MR) is 119 cm³/mol. The molecule has 2 N–H and O–H groups in total. The number of hydrogen-bond donors (Lipinski definition) is 2. The van der Waals surface area contributed by atoms with E-state index >= 15 is 0 Å². The monoisotopic (exact) mass is 485 g/mol. The summed E-state index contributed by atoms with van der Waals surface area (Å²) in [6.07, 6.45) is 2.44. The minimum atomic E-state index is -3.83. The first kappa shape index (κ1) is 22.3. The zero-order valence-electron chi connectivity index (χ0n) is 16.6. The van der Waals surface area contributed by atoms with Crippen molar-refractivity contribution in [2.24, 2.45) is 5.92 Å². The Hall–Kier alpha value is -1.87. The highest BCUT2D eigenvalue weighted by Crippen LogP contribution is 2.31. The lowest BCUT2D eigenvalue weighted by Crippen LogP contribution is -2.31. The molecule has 1 atom stereocenters. The first-order chi connectivity index (χ1) is 14.7. The summed E-state index contributed by atoms with van der Waals surface area (Å²) in [5, 5.41) is 2.91. The summed E-state index contributed by atoms with van der Waals surface area (Å²) >= 11 is 12.3. The van der Waals surface area contributed by atoms with Gasteiger partial charge in [0.2, 0.25) is 10.0 Å². The summed E-state index contributed by atoms with van der Waals surface area (Å²) in [5.41, 5.74) is 1.00. The lowest BCUT2D eigenvalue weighted by molar-refractivity contribution is 0.0948. The van der Waals surface area contributed by atoms with Crippen LogP contribution >= 0.6 is 23.2 Å². The van der Waals surface area contributed by atoms with Gasteiger partial charge in [0.25, 0.3) is 5.91 Å². The average Bonchev–Trinajstić information content (AvgIpc) is 3.38. The van der Waals surface area contributed by atoms with E-state index in [1.54, 1.807) is 12.1 Å². The zero-order valence-corrected chi connectivity index (χ0v) is 18.9. The number of hydrogen-bond acceptors (Lipinski definition) is 4. The molecule has 2 aromatic rings. The Bertz CT molecular complexity index is 1090. The van der Waals surface area contributed by atoms with E-state index in [-0.39, 0.29) is 38.3 Å². The molecule has 4 rings (SSSR count). The van der Waals surface area contributed by atoms with E-state index in [9.17, 15) is 17.6 Å². The fourth-order valence-electron chi connectivity index (χ4n) is 3.61. The van der Waals surface area contributed by atoms with Crippen molar-refractivity contribution in [2.75, 3.05) is 24.5 Å². The smallest absolute Gasteiger partial charge is 0.252 e. The van der Waals surface area contributed by atoms with Crippen LogP contribution in [0, 0.1) is 11.7 Å². The quantitative estimate of drug-likeness (QED) is 0.624. The number of benzene rings is 2. The van der Waals surface area contributed by atoms with Crippen molar-refractivity contribution in [3.63, 3.8) is 0 Å².